The number of nitrogens with two attached hydrogens (primary N) is 1. The van der Waals surface area contributed by atoms with Crippen LogP contribution in [0.5, 0.6) is 0 Å². The van der Waals surface area contributed by atoms with Crippen molar-refractivity contribution in [3.63, 3.8) is 0 Å². The zero-order valence-electron chi connectivity index (χ0n) is 8.92. The first-order valence-corrected chi connectivity index (χ1v) is 5.61. The molecule has 82 valence electrons. The number of primary amides is 1. The van der Waals surface area contributed by atoms with Gasteiger partial charge >= 0.3 is 0 Å². The van der Waals surface area contributed by atoms with Gasteiger partial charge in [-0.05, 0) is 30.5 Å². The lowest BCUT2D eigenvalue weighted by molar-refractivity contribution is 0.100. The van der Waals surface area contributed by atoms with Gasteiger partial charge in [0.05, 0.1) is 10.6 Å². The van der Waals surface area contributed by atoms with E-state index in [9.17, 15) is 4.79 Å². The number of unbranched alkanes of at least 4 members (excludes halogenated alkanes) is 2. The zero-order valence-corrected chi connectivity index (χ0v) is 9.68. The van der Waals surface area contributed by atoms with Crippen LogP contribution in [-0.2, 0) is 6.42 Å². The Labute approximate surface area is 95.4 Å². The van der Waals surface area contributed by atoms with E-state index in [4.69, 9.17) is 17.3 Å². The molecule has 1 rings (SSSR count). The van der Waals surface area contributed by atoms with Gasteiger partial charge in [0.2, 0.25) is 5.91 Å². The fourth-order valence-corrected chi connectivity index (χ4v) is 1.79. The molecule has 0 aliphatic carbocycles. The molecular weight excluding hydrogens is 210 g/mol. The van der Waals surface area contributed by atoms with Gasteiger partial charge in [0.25, 0.3) is 0 Å². The average molecular weight is 226 g/mol. The predicted molar refractivity (Wildman–Crippen MR) is 63.2 cm³/mol. The molecule has 1 aromatic rings. The molecule has 2 nitrogen and oxygen atoms in total. The molecule has 1 aromatic carbocycles. The van der Waals surface area contributed by atoms with E-state index in [1.54, 1.807) is 6.07 Å². The van der Waals surface area contributed by atoms with E-state index >= 15 is 0 Å². The summed E-state index contributed by atoms with van der Waals surface area (Å²) in [5.74, 6) is -0.472. The molecule has 2 N–H and O–H groups in total. The van der Waals surface area contributed by atoms with Crippen molar-refractivity contribution in [2.75, 3.05) is 0 Å². The van der Waals surface area contributed by atoms with Crippen molar-refractivity contribution in [1.82, 2.24) is 0 Å². The van der Waals surface area contributed by atoms with Crippen LogP contribution >= 0.6 is 11.6 Å². The summed E-state index contributed by atoms with van der Waals surface area (Å²) in [7, 11) is 0. The van der Waals surface area contributed by atoms with Gasteiger partial charge in [0.1, 0.15) is 0 Å². The third-order valence-corrected chi connectivity index (χ3v) is 2.68. The summed E-state index contributed by atoms with van der Waals surface area (Å²) in [6, 6.07) is 5.45. The molecule has 0 bridgehead atoms. The maximum absolute atomic E-state index is 10.9. The second-order valence-electron chi connectivity index (χ2n) is 3.64. The standard InChI is InChI=1S/C12H16ClNO/c1-2-3-4-5-9-6-7-10(12(14)15)11(13)8-9/h6-8H,2-5H2,1H3,(H2,14,15). The normalized spacial score (nSPS) is 10.3. The Hall–Kier alpha value is -1.02. The number of amides is 1. The lowest BCUT2D eigenvalue weighted by Gasteiger charge is -2.04. The SMILES string of the molecule is CCCCCc1ccc(C(N)=O)c(Cl)c1. The largest absolute Gasteiger partial charge is 0.366 e. The number of aryl methyl sites for hydroxylation is 1. The van der Waals surface area contributed by atoms with Crippen LogP contribution in [0.3, 0.4) is 0 Å². The number of carbonyl (C=O) groups excluding carboxylic acids is 1. The molecule has 0 fully saturated rings. The Morgan fingerprint density at radius 1 is 1.40 bits per heavy atom. The topological polar surface area (TPSA) is 43.1 Å². The van der Waals surface area contributed by atoms with Gasteiger partial charge in [-0.2, -0.15) is 0 Å². The lowest BCUT2D eigenvalue weighted by atomic mass is 10.1. The molecule has 3 heteroatoms. The van der Waals surface area contributed by atoms with Crippen molar-refractivity contribution >= 4 is 17.5 Å². The minimum Gasteiger partial charge on any atom is -0.366 e. The summed E-state index contributed by atoms with van der Waals surface area (Å²) < 4.78 is 0. The maximum Gasteiger partial charge on any atom is 0.250 e. The number of rotatable bonds is 5. The number of benzene rings is 1. The van der Waals surface area contributed by atoms with Gasteiger partial charge in [-0.1, -0.05) is 37.4 Å². The molecule has 0 aliphatic rings. The molecule has 0 aliphatic heterocycles. The molecule has 0 aromatic heterocycles. The van der Waals surface area contributed by atoms with Crippen LogP contribution in [0.4, 0.5) is 0 Å². The Morgan fingerprint density at radius 2 is 2.13 bits per heavy atom. The molecule has 0 saturated heterocycles. The number of carbonyl (C=O) groups is 1. The summed E-state index contributed by atoms with van der Waals surface area (Å²) in [6.07, 6.45) is 4.58. The van der Waals surface area contributed by atoms with Crippen molar-refractivity contribution in [3.8, 4) is 0 Å². The maximum atomic E-state index is 10.9. The van der Waals surface area contributed by atoms with Gasteiger partial charge in [-0.15, -0.1) is 0 Å². The summed E-state index contributed by atoms with van der Waals surface area (Å²) in [6.45, 7) is 2.17. The fourth-order valence-electron chi connectivity index (χ4n) is 1.49. The highest BCUT2D eigenvalue weighted by atomic mass is 35.5. The minimum absolute atomic E-state index is 0.399. The van der Waals surface area contributed by atoms with Gasteiger partial charge < -0.3 is 5.73 Å². The Balaban J connectivity index is 2.69. The van der Waals surface area contributed by atoms with Crippen LogP contribution in [0, 0.1) is 0 Å². The molecule has 0 atom stereocenters. The van der Waals surface area contributed by atoms with E-state index in [0.717, 1.165) is 12.8 Å². The van der Waals surface area contributed by atoms with Crippen LogP contribution in [0.2, 0.25) is 5.02 Å². The smallest absolute Gasteiger partial charge is 0.250 e. The van der Waals surface area contributed by atoms with Crippen molar-refractivity contribution in [3.05, 3.63) is 34.3 Å². The number of hydrogen-bond donors (Lipinski definition) is 1. The van der Waals surface area contributed by atoms with E-state index in [1.165, 1.54) is 18.4 Å². The highest BCUT2D eigenvalue weighted by Gasteiger charge is 2.06. The molecular formula is C12H16ClNO. The molecule has 0 saturated carbocycles. The van der Waals surface area contributed by atoms with Crippen LogP contribution in [0.15, 0.2) is 18.2 Å². The van der Waals surface area contributed by atoms with Crippen molar-refractivity contribution < 1.29 is 4.79 Å². The second-order valence-corrected chi connectivity index (χ2v) is 4.04. The van der Waals surface area contributed by atoms with Crippen LogP contribution in [-0.4, -0.2) is 5.91 Å². The van der Waals surface area contributed by atoms with E-state index in [0.29, 0.717) is 10.6 Å². The summed E-state index contributed by atoms with van der Waals surface area (Å²) in [4.78, 5) is 10.9. The van der Waals surface area contributed by atoms with Gasteiger partial charge in [-0.25, -0.2) is 0 Å². The third kappa shape index (κ3) is 3.56. The minimum atomic E-state index is -0.472. The lowest BCUT2D eigenvalue weighted by Crippen LogP contribution is -2.11. The molecule has 0 unspecified atom stereocenters. The summed E-state index contributed by atoms with van der Waals surface area (Å²) >= 11 is 5.94. The van der Waals surface area contributed by atoms with E-state index in [-0.39, 0.29) is 0 Å². The molecule has 1 amide bonds. The van der Waals surface area contributed by atoms with Crippen LogP contribution < -0.4 is 5.73 Å². The second kappa shape index (κ2) is 5.76. The van der Waals surface area contributed by atoms with Crippen LogP contribution in [0.1, 0.15) is 42.1 Å². The van der Waals surface area contributed by atoms with E-state index in [1.807, 2.05) is 12.1 Å². The average Bonchev–Trinajstić information content (AvgIpc) is 2.17. The quantitative estimate of drug-likeness (QED) is 0.769. The van der Waals surface area contributed by atoms with Gasteiger partial charge in [0.15, 0.2) is 0 Å². The first-order valence-electron chi connectivity index (χ1n) is 5.23. The number of halogens is 1. The Morgan fingerprint density at radius 3 is 2.67 bits per heavy atom. The molecule has 0 heterocycles. The molecule has 0 spiro atoms. The van der Waals surface area contributed by atoms with E-state index in [2.05, 4.69) is 6.92 Å². The van der Waals surface area contributed by atoms with Gasteiger partial charge in [-0.3, -0.25) is 4.79 Å². The highest BCUT2D eigenvalue weighted by Crippen LogP contribution is 2.18. The number of hydrogen-bond acceptors (Lipinski definition) is 1. The first-order chi connectivity index (χ1) is 7.15. The Kier molecular flexibility index (Phi) is 4.63. The first kappa shape index (κ1) is 12.1. The van der Waals surface area contributed by atoms with Crippen molar-refractivity contribution in [1.29, 1.82) is 0 Å². The van der Waals surface area contributed by atoms with E-state index < -0.39 is 5.91 Å². The third-order valence-electron chi connectivity index (χ3n) is 2.37. The molecule has 0 radical (unpaired) electrons. The highest BCUT2D eigenvalue weighted by molar-refractivity contribution is 6.33. The fraction of sp³-hybridized carbons (Fsp3) is 0.417. The van der Waals surface area contributed by atoms with Crippen LogP contribution in [0.25, 0.3) is 0 Å². The van der Waals surface area contributed by atoms with Crippen molar-refractivity contribution in [2.24, 2.45) is 5.73 Å². The van der Waals surface area contributed by atoms with Gasteiger partial charge in [0, 0.05) is 0 Å². The predicted octanol–water partition coefficient (Wildman–Crippen LogP) is 3.17. The van der Waals surface area contributed by atoms with Crippen molar-refractivity contribution in [2.45, 2.75) is 32.6 Å². The zero-order chi connectivity index (χ0) is 11.3. The monoisotopic (exact) mass is 225 g/mol. The summed E-state index contributed by atoms with van der Waals surface area (Å²) in [5, 5.41) is 0.455. The Bertz CT molecular complexity index is 349. The summed E-state index contributed by atoms with van der Waals surface area (Å²) in [5.41, 5.74) is 6.73. The molecule has 15 heavy (non-hydrogen) atoms.